The number of aromatic nitrogens is 1. The molecule has 1 aliphatic heterocycles. The lowest BCUT2D eigenvalue weighted by Crippen LogP contribution is -2.07. The average Bonchev–Trinajstić information content (AvgIpc) is 3.13. The van der Waals surface area contributed by atoms with Gasteiger partial charge in [0.15, 0.2) is 3.95 Å². The fourth-order valence-corrected chi connectivity index (χ4v) is 3.26. The molecule has 132 valence electrons. The minimum absolute atomic E-state index is 0.0155. The third-order valence-electron chi connectivity index (χ3n) is 3.37. The first kappa shape index (κ1) is 17.8. The summed E-state index contributed by atoms with van der Waals surface area (Å²) in [5.41, 5.74) is 0.662. The molecule has 0 bridgehead atoms. The zero-order valence-electron chi connectivity index (χ0n) is 14.0. The molecule has 0 atom stereocenters. The smallest absolute Gasteiger partial charge is 0.258 e. The van der Waals surface area contributed by atoms with Crippen LogP contribution in [-0.2, 0) is 11.8 Å². The van der Waals surface area contributed by atoms with E-state index in [1.165, 1.54) is 22.0 Å². The Bertz CT molecular complexity index is 1020. The number of hydrogen-bond acceptors (Lipinski definition) is 8. The summed E-state index contributed by atoms with van der Waals surface area (Å²) in [5.74, 6) is 1.02. The quantitative estimate of drug-likeness (QED) is 0.804. The molecule has 1 aromatic heterocycles. The molecule has 26 heavy (non-hydrogen) atoms. The van der Waals surface area contributed by atoms with Gasteiger partial charge in [-0.05, 0) is 43.4 Å². The Morgan fingerprint density at radius 3 is 2.77 bits per heavy atom. The molecule has 0 saturated carbocycles. The van der Waals surface area contributed by atoms with E-state index >= 15 is 0 Å². The van der Waals surface area contributed by atoms with E-state index in [2.05, 4.69) is 9.98 Å². The third-order valence-corrected chi connectivity index (χ3v) is 4.87. The van der Waals surface area contributed by atoms with Crippen LogP contribution < -0.4 is 4.74 Å². The zero-order valence-corrected chi connectivity index (χ0v) is 15.6. The second kappa shape index (κ2) is 7.51. The van der Waals surface area contributed by atoms with Crippen LogP contribution in [-0.4, -0.2) is 27.9 Å². The zero-order chi connectivity index (χ0) is 18.7. The number of benzene rings is 1. The van der Waals surface area contributed by atoms with Crippen molar-refractivity contribution in [2.24, 2.45) is 17.0 Å². The maximum atomic E-state index is 10.0. The fraction of sp³-hybridized carbons (Fsp3) is 0.176. The van der Waals surface area contributed by atoms with Crippen LogP contribution in [0.2, 0.25) is 0 Å². The number of aliphatic imine (C=N–C) groups is 2. The lowest BCUT2D eigenvalue weighted by Gasteiger charge is -2.03. The monoisotopic (exact) mass is 386 g/mol. The van der Waals surface area contributed by atoms with Crippen molar-refractivity contribution in [1.82, 2.24) is 4.57 Å². The number of thiazole rings is 1. The molecule has 0 unspecified atom stereocenters. The van der Waals surface area contributed by atoms with Gasteiger partial charge in [0.05, 0.1) is 17.2 Å². The summed E-state index contributed by atoms with van der Waals surface area (Å²) in [5, 5.41) is 19.3. The lowest BCUT2D eigenvalue weighted by molar-refractivity contribution is 0.340. The molecule has 1 aromatic carbocycles. The van der Waals surface area contributed by atoms with Gasteiger partial charge >= 0.3 is 0 Å². The van der Waals surface area contributed by atoms with Crippen LogP contribution in [0.25, 0.3) is 6.08 Å². The van der Waals surface area contributed by atoms with Gasteiger partial charge in [0.2, 0.25) is 17.5 Å². The van der Waals surface area contributed by atoms with Crippen molar-refractivity contribution in [2.75, 3.05) is 6.61 Å². The first-order valence-electron chi connectivity index (χ1n) is 7.61. The van der Waals surface area contributed by atoms with Crippen molar-refractivity contribution in [3.05, 3.63) is 39.0 Å². The van der Waals surface area contributed by atoms with Crippen LogP contribution in [0.4, 0.5) is 5.69 Å². The van der Waals surface area contributed by atoms with Crippen LogP contribution in [0, 0.1) is 15.3 Å². The molecule has 3 rings (SSSR count). The standard InChI is InChI=1S/C17H14N4O3S2/c1-3-23-11-6-4-10(5-7-11)19-15-12(9-18)20-14(24-15)8-13-16(22)21(2)17(25)26-13/h4-8,22H,3H2,1-2H3. The van der Waals surface area contributed by atoms with E-state index in [0.29, 0.717) is 21.1 Å². The maximum Gasteiger partial charge on any atom is 0.258 e. The molecule has 2 heterocycles. The first-order valence-corrected chi connectivity index (χ1v) is 8.83. The Morgan fingerprint density at radius 2 is 2.19 bits per heavy atom. The summed E-state index contributed by atoms with van der Waals surface area (Å²) in [6.07, 6.45) is 1.52. The van der Waals surface area contributed by atoms with Crippen LogP contribution >= 0.6 is 23.6 Å². The lowest BCUT2D eigenvalue weighted by atomic mass is 10.3. The van der Waals surface area contributed by atoms with Gasteiger partial charge in [-0.25, -0.2) is 4.99 Å². The Balaban J connectivity index is 1.88. The van der Waals surface area contributed by atoms with Gasteiger partial charge in [-0.1, -0.05) is 0 Å². The van der Waals surface area contributed by atoms with Gasteiger partial charge in [0.1, 0.15) is 11.8 Å². The van der Waals surface area contributed by atoms with Gasteiger partial charge in [-0.15, -0.1) is 11.3 Å². The van der Waals surface area contributed by atoms with Gasteiger partial charge in [-0.3, -0.25) is 4.57 Å². The molecule has 0 aliphatic carbocycles. The number of rotatable bonds is 4. The van der Waals surface area contributed by atoms with Gasteiger partial charge < -0.3 is 14.6 Å². The normalized spacial score (nSPS) is 16.4. The molecular weight excluding hydrogens is 372 g/mol. The van der Waals surface area contributed by atoms with Crippen molar-refractivity contribution in [3.63, 3.8) is 0 Å². The predicted octanol–water partition coefficient (Wildman–Crippen LogP) is 3.94. The summed E-state index contributed by atoms with van der Waals surface area (Å²) in [6.45, 7) is 2.49. The van der Waals surface area contributed by atoms with Crippen LogP contribution in [0.1, 0.15) is 11.8 Å². The van der Waals surface area contributed by atoms with Crippen LogP contribution in [0.3, 0.4) is 0 Å². The topological polar surface area (TPSA) is 92.1 Å². The molecule has 1 aliphatic rings. The minimum atomic E-state index is 0.0155. The maximum absolute atomic E-state index is 10.0. The summed E-state index contributed by atoms with van der Waals surface area (Å²) in [7, 11) is 1.66. The van der Waals surface area contributed by atoms with E-state index in [4.69, 9.17) is 21.7 Å². The molecule has 1 N–H and O–H groups in total. The molecule has 7 nitrogen and oxygen atoms in total. The fourth-order valence-electron chi connectivity index (χ4n) is 2.11. The predicted molar refractivity (Wildman–Crippen MR) is 103 cm³/mol. The summed E-state index contributed by atoms with van der Waals surface area (Å²) in [4.78, 5) is 8.90. The summed E-state index contributed by atoms with van der Waals surface area (Å²) < 4.78 is 12.9. The molecule has 0 saturated heterocycles. The Labute approximate surface area is 158 Å². The molecule has 0 radical (unpaired) electrons. The highest BCUT2D eigenvalue weighted by molar-refractivity contribution is 7.73. The molecule has 0 fully saturated rings. The second-order valence-electron chi connectivity index (χ2n) is 5.12. The molecule has 0 amide bonds. The minimum Gasteiger partial charge on any atom is -0.494 e. The number of nitrogens with zero attached hydrogens (tertiary/aromatic N) is 4. The number of hydrogen-bond donors (Lipinski definition) is 1. The second-order valence-corrected chi connectivity index (χ2v) is 6.79. The van der Waals surface area contributed by atoms with Crippen molar-refractivity contribution < 1.29 is 14.6 Å². The van der Waals surface area contributed by atoms with E-state index in [9.17, 15) is 10.4 Å². The van der Waals surface area contributed by atoms with Crippen molar-refractivity contribution in [3.8, 4) is 17.7 Å². The average molecular weight is 386 g/mol. The van der Waals surface area contributed by atoms with E-state index in [1.54, 1.807) is 31.3 Å². The van der Waals surface area contributed by atoms with Gasteiger partial charge in [0, 0.05) is 13.1 Å². The summed E-state index contributed by atoms with van der Waals surface area (Å²) in [6, 6.07) is 9.04. The Kier molecular flexibility index (Phi) is 5.16. The molecule has 2 aromatic rings. The molecule has 9 heteroatoms. The molecular formula is C17H14N4O3S2. The number of ether oxygens (including phenoxy) is 2. The van der Waals surface area contributed by atoms with Crippen LogP contribution in [0.15, 0.2) is 40.1 Å². The third kappa shape index (κ3) is 3.66. The highest BCUT2D eigenvalue weighted by atomic mass is 32.1. The van der Waals surface area contributed by atoms with Crippen molar-refractivity contribution >= 4 is 46.9 Å². The largest absolute Gasteiger partial charge is 0.494 e. The summed E-state index contributed by atoms with van der Waals surface area (Å²) >= 11 is 6.33. The van der Waals surface area contributed by atoms with E-state index in [-0.39, 0.29) is 23.4 Å². The van der Waals surface area contributed by atoms with Gasteiger partial charge in [-0.2, -0.15) is 10.3 Å². The highest BCUT2D eigenvalue weighted by Crippen LogP contribution is 2.29. The Hall–Kier alpha value is -2.96. The number of nitriles is 1. The van der Waals surface area contributed by atoms with E-state index in [1.807, 2.05) is 13.0 Å². The van der Waals surface area contributed by atoms with E-state index < -0.39 is 0 Å². The van der Waals surface area contributed by atoms with E-state index in [0.717, 1.165) is 5.75 Å². The molecule has 0 spiro atoms. The van der Waals surface area contributed by atoms with Crippen molar-refractivity contribution in [2.45, 2.75) is 6.92 Å². The van der Waals surface area contributed by atoms with Crippen LogP contribution in [0.5, 0.6) is 11.6 Å². The highest BCUT2D eigenvalue weighted by Gasteiger charge is 2.22. The Morgan fingerprint density at radius 1 is 1.46 bits per heavy atom. The first-order chi connectivity index (χ1) is 12.5. The van der Waals surface area contributed by atoms with Crippen molar-refractivity contribution in [1.29, 1.82) is 5.26 Å². The number of aromatic hydroxyl groups is 1. The van der Waals surface area contributed by atoms with Gasteiger partial charge in [0.25, 0.3) is 5.90 Å². The SMILES string of the molecule is CCOc1ccc(N=C2OC(=Cc3sc(=S)n(C)c3O)N=C2C#N)cc1.